The second kappa shape index (κ2) is 28.7. The number of aliphatic hydroxyl groups excluding tert-OH is 2. The highest BCUT2D eigenvalue weighted by Gasteiger charge is 2.59. The van der Waals surface area contributed by atoms with Gasteiger partial charge in [0.15, 0.2) is 25.0 Å². The molecule has 6 aliphatic heterocycles. The van der Waals surface area contributed by atoms with Crippen molar-refractivity contribution in [1.29, 1.82) is 0 Å². The number of hydrogen-bond donors (Lipinski definition) is 2. The highest BCUT2D eigenvalue weighted by molar-refractivity contribution is 14.1. The first-order valence-corrected chi connectivity index (χ1v) is 43.3. The molecule has 0 radical (unpaired) electrons. The van der Waals surface area contributed by atoms with Crippen molar-refractivity contribution < 1.29 is 51.9 Å². The number of aryl methyl sites for hydroxylation is 1. The molecule has 0 saturated carbocycles. The van der Waals surface area contributed by atoms with E-state index in [4.69, 9.17) is 48.3 Å². The summed E-state index contributed by atoms with van der Waals surface area (Å²) in [7, 11) is -7.27. The molecular weight excluding hydrogens is 1230 g/mol. The first-order chi connectivity index (χ1) is 39.3. The zero-order chi connectivity index (χ0) is 63.0. The van der Waals surface area contributed by atoms with Gasteiger partial charge in [-0.15, -0.1) is 0 Å². The Morgan fingerprint density at radius 2 is 1.35 bits per heavy atom. The molecule has 2 N–H and O–H groups in total. The van der Waals surface area contributed by atoms with Crippen molar-refractivity contribution in [3.8, 4) is 0 Å². The fourth-order valence-electron chi connectivity index (χ4n) is 13.9. The van der Waals surface area contributed by atoms with Crippen LogP contribution in [0.15, 0.2) is 58.7 Å². The minimum absolute atomic E-state index is 0.00445. The number of halogens is 1. The van der Waals surface area contributed by atoms with Gasteiger partial charge in [-0.1, -0.05) is 142 Å². The van der Waals surface area contributed by atoms with Crippen LogP contribution in [0.25, 0.3) is 0 Å². The average molecular weight is 1350 g/mol. The van der Waals surface area contributed by atoms with E-state index in [0.29, 0.717) is 19.3 Å². The van der Waals surface area contributed by atoms with Gasteiger partial charge < -0.3 is 51.9 Å². The van der Waals surface area contributed by atoms with Gasteiger partial charge in [-0.25, -0.2) is 0 Å². The van der Waals surface area contributed by atoms with Crippen molar-refractivity contribution in [2.24, 2.45) is 23.7 Å². The van der Waals surface area contributed by atoms with Gasteiger partial charge in [-0.2, -0.15) is 0 Å². The smallest absolute Gasteiger partial charge is 0.193 e. The molecule has 6 heterocycles. The van der Waals surface area contributed by atoms with Crippen molar-refractivity contribution in [2.75, 3.05) is 6.61 Å². The second-order valence-corrected chi connectivity index (χ2v) is 47.6. The normalized spacial score (nSPS) is 34.7. The van der Waals surface area contributed by atoms with Crippen LogP contribution in [0.4, 0.5) is 0 Å². The summed E-state index contributed by atoms with van der Waals surface area (Å²) in [5.41, 5.74) is 4.56. The molecule has 11 nitrogen and oxygen atoms in total. The fourth-order valence-corrected chi connectivity index (χ4v) is 18.2. The van der Waals surface area contributed by atoms with Crippen molar-refractivity contribution in [2.45, 2.75) is 338 Å². The van der Waals surface area contributed by atoms with Gasteiger partial charge >= 0.3 is 0 Å². The third-order valence-electron chi connectivity index (χ3n) is 22.4. The van der Waals surface area contributed by atoms with Crippen LogP contribution >= 0.6 is 22.6 Å². The molecule has 1 aromatic rings. The maximum Gasteiger partial charge on any atom is 0.193 e. The minimum Gasteiger partial charge on any atom is -0.408 e. The van der Waals surface area contributed by atoms with Crippen molar-refractivity contribution in [3.05, 3.63) is 69.9 Å². The Morgan fingerprint density at radius 3 is 1.94 bits per heavy atom. The second-order valence-electron chi connectivity index (χ2n) is 32.6. The Bertz CT molecular complexity index is 2360. The van der Waals surface area contributed by atoms with Crippen LogP contribution in [0.1, 0.15) is 185 Å². The lowest BCUT2D eigenvalue weighted by Gasteiger charge is -2.56. The maximum absolute atomic E-state index is 13.5. The van der Waals surface area contributed by atoms with E-state index in [1.807, 2.05) is 0 Å². The van der Waals surface area contributed by atoms with Crippen LogP contribution in [0, 0.1) is 30.6 Å². The van der Waals surface area contributed by atoms with E-state index in [1.165, 1.54) is 11.1 Å². The van der Waals surface area contributed by atoms with E-state index in [-0.39, 0.29) is 112 Å². The molecule has 5 unspecified atom stereocenters. The highest BCUT2D eigenvalue weighted by atomic mass is 127. The number of rotatable bonds is 24. The summed E-state index contributed by atoms with van der Waals surface area (Å²) in [4.78, 5) is 0. The molecule has 19 atom stereocenters. The van der Waals surface area contributed by atoms with Crippen LogP contribution in [0.5, 0.6) is 0 Å². The maximum atomic E-state index is 13.5. The first-order valence-electron chi connectivity index (χ1n) is 33.3. The summed E-state index contributed by atoms with van der Waals surface area (Å²) in [5, 5.41) is 22.8. The summed E-state index contributed by atoms with van der Waals surface area (Å²) in [6, 6.07) is 8.92. The van der Waals surface area contributed by atoms with E-state index in [0.717, 1.165) is 81.8 Å². The van der Waals surface area contributed by atoms with Gasteiger partial charge in [0.05, 0.1) is 72.7 Å². The molecule has 85 heavy (non-hydrogen) atoms. The standard InChI is InChI=1S/C70H121IO11Si3/c1-44-25-27-49(28-26-44)40-54(62-48(5)59(42-53-33-35-70(15,16)79-53)77-61(62)43-60-47(4)45(2)38-51(75-60)29-31-56-46(3)39-50(74-56)24-23-37-72)55(73)41-52-30-32-57-63(76-52)65(81-84(19,20)68(9,10)11)66(82-85(21,22)69(12,13)14)64(78-57)58(34-36-71)80-83(17,18)67(6,7)8/h25-28,34,36,45,48,50-66,72-73H,3-4,23-24,29-33,35,37-43H2,1-2,5-22H3/b36-34+/t45-,48+,50+,51+,52-,53-,54?,55?,56?,57+,58+,59?,60?,61+,62+,63+,64+,65+,66-/m1/s1. The number of benzene rings is 1. The van der Waals surface area contributed by atoms with Crippen LogP contribution in [-0.2, 0) is 48.1 Å². The Balaban J connectivity index is 1.22. The molecule has 0 amide bonds. The van der Waals surface area contributed by atoms with Crippen LogP contribution in [-0.4, -0.2) is 139 Å². The SMILES string of the molecule is C=C1C[C@H](CCCO)OC1CC[C@H]1C[C@@H](C)C(=C)C(C[C@@H]2OC(C[C@H]3CCC(C)(C)O3)[C@H](C)[C@H]2C(Cc2ccc(C)cc2)C(O)C[C@H]2CC[C@@H]3O[C@@H]([C@H](/C=C/I)O[Si](C)(C)C(C)(C)C)[C@@H](O[Si](C)(C)C(C)(C)C)[C@@H](O[Si](C)(C)C(C)(C)C)[C@H]3O2)O1. The Morgan fingerprint density at radius 1 is 0.729 bits per heavy atom. The molecule has 0 aliphatic carbocycles. The summed E-state index contributed by atoms with van der Waals surface area (Å²) < 4.78 is 68.1. The summed E-state index contributed by atoms with van der Waals surface area (Å²) in [6.45, 7) is 55.4. The van der Waals surface area contributed by atoms with Gasteiger partial charge in [-0.05, 0) is 203 Å². The van der Waals surface area contributed by atoms with E-state index in [2.05, 4.69) is 200 Å². The van der Waals surface area contributed by atoms with Gasteiger partial charge in [0, 0.05) is 19.4 Å². The summed E-state index contributed by atoms with van der Waals surface area (Å²) >= 11 is 2.34. The predicted octanol–water partition coefficient (Wildman–Crippen LogP) is 16.7. The monoisotopic (exact) mass is 1350 g/mol. The zero-order valence-corrected chi connectivity index (χ0v) is 62.1. The molecule has 6 saturated heterocycles. The van der Waals surface area contributed by atoms with Gasteiger partial charge in [0.2, 0.25) is 0 Å². The lowest BCUT2D eigenvalue weighted by atomic mass is 9.70. The molecule has 0 bridgehead atoms. The zero-order valence-electron chi connectivity index (χ0n) is 56.9. The molecule has 0 spiro atoms. The van der Waals surface area contributed by atoms with Gasteiger partial charge in [0.25, 0.3) is 0 Å². The average Bonchev–Trinajstić information content (AvgIpc) is 1.28. The van der Waals surface area contributed by atoms with E-state index >= 15 is 0 Å². The minimum atomic E-state index is -2.48. The van der Waals surface area contributed by atoms with E-state index in [1.54, 1.807) is 0 Å². The molecular formula is C70H121IO11Si3. The molecule has 6 fully saturated rings. The Labute approximate surface area is 534 Å². The Kier molecular flexibility index (Phi) is 24.3. The third-order valence-corrected chi connectivity index (χ3v) is 36.2. The summed E-state index contributed by atoms with van der Waals surface area (Å²) in [6.07, 6.45) is 10.1. The van der Waals surface area contributed by atoms with Crippen molar-refractivity contribution in [1.82, 2.24) is 0 Å². The predicted molar refractivity (Wildman–Crippen MR) is 363 cm³/mol. The number of fused-ring (bicyclic) bond motifs is 1. The van der Waals surface area contributed by atoms with Crippen LogP contribution in [0.3, 0.4) is 0 Å². The lowest BCUT2D eigenvalue weighted by molar-refractivity contribution is -0.269. The van der Waals surface area contributed by atoms with Gasteiger partial charge in [0.1, 0.15) is 24.4 Å². The molecule has 486 valence electrons. The van der Waals surface area contributed by atoms with Crippen LogP contribution < -0.4 is 0 Å². The van der Waals surface area contributed by atoms with E-state index in [9.17, 15) is 10.2 Å². The molecule has 7 rings (SSSR count). The number of aliphatic hydroxyl groups is 2. The summed E-state index contributed by atoms with van der Waals surface area (Å²) in [5.74, 6) is 0.264. The lowest BCUT2D eigenvalue weighted by Crippen LogP contribution is -2.69. The third kappa shape index (κ3) is 18.0. The van der Waals surface area contributed by atoms with Crippen LogP contribution in [0.2, 0.25) is 54.4 Å². The molecule has 1 aromatic carbocycles. The number of ether oxygens (including phenoxy) is 6. The fraction of sp³-hybridized carbons (Fsp3) is 0.829. The molecule has 0 aromatic heterocycles. The Hall–Kier alpha value is -0.619. The number of hydrogen-bond acceptors (Lipinski definition) is 11. The molecule has 6 aliphatic rings. The van der Waals surface area contributed by atoms with Crippen molar-refractivity contribution in [3.63, 3.8) is 0 Å². The highest BCUT2D eigenvalue weighted by Crippen LogP contribution is 2.51. The first kappa shape index (κ1) is 71.8. The molecule has 15 heteroatoms. The topological polar surface area (TPSA) is 124 Å². The quantitative estimate of drug-likeness (QED) is 0.0584. The van der Waals surface area contributed by atoms with Crippen molar-refractivity contribution >= 4 is 47.5 Å². The van der Waals surface area contributed by atoms with Gasteiger partial charge in [-0.3, -0.25) is 0 Å². The van der Waals surface area contributed by atoms with E-state index < -0.39 is 55.5 Å². The largest absolute Gasteiger partial charge is 0.408 e.